The predicted octanol–water partition coefficient (Wildman–Crippen LogP) is 13.6. The Morgan fingerprint density at radius 1 is 0.229 bits per heavy atom. The molecule has 0 aliphatic rings. The van der Waals surface area contributed by atoms with Crippen molar-refractivity contribution in [1.82, 2.24) is 0 Å². The molecule has 0 aliphatic heterocycles. The molecule has 10 rings (SSSR count). The van der Waals surface area contributed by atoms with Gasteiger partial charge in [0.15, 0.2) is 0 Å². The van der Waals surface area contributed by atoms with E-state index in [9.17, 15) is 0 Å². The van der Waals surface area contributed by atoms with Crippen LogP contribution in [0, 0.1) is 0 Å². The van der Waals surface area contributed by atoms with E-state index in [0.717, 1.165) is 0 Å². The molecule has 48 heavy (non-hydrogen) atoms. The number of hydrogen-bond acceptors (Lipinski definition) is 0. The van der Waals surface area contributed by atoms with Crippen LogP contribution in [-0.2, 0) is 0 Å². The molecule has 0 nitrogen and oxygen atoms in total. The first kappa shape index (κ1) is 26.9. The van der Waals surface area contributed by atoms with Crippen molar-refractivity contribution >= 4 is 53.9 Å². The number of fused-ring (bicyclic) bond motifs is 2. The maximum Gasteiger partial charge on any atom is -0.00203 e. The lowest BCUT2D eigenvalue weighted by Crippen LogP contribution is -1.90. The lowest BCUT2D eigenvalue weighted by Gasteiger charge is -2.17. The Morgan fingerprint density at radius 3 is 1.44 bits per heavy atom. The van der Waals surface area contributed by atoms with Gasteiger partial charge in [-0.2, -0.15) is 0 Å². The second-order valence-electron chi connectivity index (χ2n) is 12.9. The van der Waals surface area contributed by atoms with Crippen LogP contribution < -0.4 is 0 Å². The van der Waals surface area contributed by atoms with E-state index < -0.39 is 0 Å². The molecule has 0 amide bonds. The third-order valence-corrected chi connectivity index (χ3v) is 10.2. The summed E-state index contributed by atoms with van der Waals surface area (Å²) in [5, 5.41) is 12.9. The summed E-state index contributed by atoms with van der Waals surface area (Å²) in [6, 6.07) is 67.1. The predicted molar refractivity (Wildman–Crippen MR) is 207 cm³/mol. The molecule has 222 valence electrons. The zero-order valence-electron chi connectivity index (χ0n) is 26.3. The Bertz CT molecular complexity index is 2800. The van der Waals surface area contributed by atoms with Gasteiger partial charge in [-0.1, -0.05) is 176 Å². The van der Waals surface area contributed by atoms with Crippen molar-refractivity contribution in [2.75, 3.05) is 0 Å². The van der Waals surface area contributed by atoms with Crippen LogP contribution in [0.4, 0.5) is 0 Å². The van der Waals surface area contributed by atoms with E-state index in [1.54, 1.807) is 0 Å². The fraction of sp³-hybridized carbons (Fsp3) is 0. The zero-order chi connectivity index (χ0) is 31.6. The van der Waals surface area contributed by atoms with E-state index in [-0.39, 0.29) is 0 Å². The molecular weight excluding hydrogens is 577 g/mol. The van der Waals surface area contributed by atoms with Gasteiger partial charge in [-0.05, 0) is 104 Å². The van der Waals surface area contributed by atoms with E-state index in [1.807, 2.05) is 0 Å². The van der Waals surface area contributed by atoms with Crippen molar-refractivity contribution in [3.63, 3.8) is 0 Å². The van der Waals surface area contributed by atoms with Crippen LogP contribution in [-0.4, -0.2) is 0 Å². The molecule has 0 saturated carbocycles. The van der Waals surface area contributed by atoms with Crippen LogP contribution >= 0.6 is 0 Å². The Balaban J connectivity index is 1.14. The normalized spacial score (nSPS) is 11.8. The van der Waals surface area contributed by atoms with Gasteiger partial charge in [-0.3, -0.25) is 0 Å². The summed E-state index contributed by atoms with van der Waals surface area (Å²) in [6.45, 7) is 0. The quantitative estimate of drug-likeness (QED) is 0.175. The van der Waals surface area contributed by atoms with Crippen LogP contribution in [0.2, 0.25) is 0 Å². The summed E-state index contributed by atoms with van der Waals surface area (Å²) in [6.07, 6.45) is 0. The highest BCUT2D eigenvalue weighted by atomic mass is 14.2. The Hall–Kier alpha value is -6.24. The van der Waals surface area contributed by atoms with Crippen LogP contribution in [0.5, 0.6) is 0 Å². The highest BCUT2D eigenvalue weighted by Crippen LogP contribution is 2.44. The standard InChI is InChI=1S/C48H30/c1-2-9-32(10-3-1)43-27-20-33-11-6-7-13-42(33)46(43)35-17-15-34(16-18-35)40-25-21-36-24-29-45-41(26-22-37-23-28-44(40)47(36)48(37)45)39-19-14-31-8-4-5-12-38(31)30-39/h1-30H. The van der Waals surface area contributed by atoms with E-state index in [4.69, 9.17) is 0 Å². The first-order valence-corrected chi connectivity index (χ1v) is 16.7. The molecule has 0 fully saturated rings. The SMILES string of the molecule is c1ccc(-c2ccc3ccccc3c2-c2ccc(-c3ccc4ccc5c(-c6ccc7ccccc7c6)ccc6ccc3c4c65)cc2)cc1. The van der Waals surface area contributed by atoms with Gasteiger partial charge in [0.05, 0.1) is 0 Å². The number of hydrogen-bond donors (Lipinski definition) is 0. The molecule has 0 saturated heterocycles. The Morgan fingerprint density at radius 2 is 0.708 bits per heavy atom. The fourth-order valence-corrected chi connectivity index (χ4v) is 7.92. The molecule has 10 aromatic carbocycles. The highest BCUT2D eigenvalue weighted by Gasteiger charge is 2.16. The van der Waals surface area contributed by atoms with Crippen LogP contribution in [0.3, 0.4) is 0 Å². The molecule has 10 aromatic rings. The van der Waals surface area contributed by atoms with Crippen molar-refractivity contribution in [2.24, 2.45) is 0 Å². The summed E-state index contributed by atoms with van der Waals surface area (Å²) in [4.78, 5) is 0. The van der Waals surface area contributed by atoms with Crippen molar-refractivity contribution in [1.29, 1.82) is 0 Å². The fourth-order valence-electron chi connectivity index (χ4n) is 7.92. The molecule has 0 radical (unpaired) electrons. The first-order chi connectivity index (χ1) is 23.8. The number of rotatable bonds is 4. The largest absolute Gasteiger partial charge is 0.0622 e. The second kappa shape index (κ2) is 10.7. The highest BCUT2D eigenvalue weighted by molar-refractivity contribution is 6.27. The van der Waals surface area contributed by atoms with Gasteiger partial charge >= 0.3 is 0 Å². The summed E-state index contributed by atoms with van der Waals surface area (Å²) < 4.78 is 0. The topological polar surface area (TPSA) is 0 Å². The smallest absolute Gasteiger partial charge is 0.00203 e. The third-order valence-electron chi connectivity index (χ3n) is 10.2. The van der Waals surface area contributed by atoms with Gasteiger partial charge in [-0.15, -0.1) is 0 Å². The second-order valence-corrected chi connectivity index (χ2v) is 12.9. The molecule has 0 aromatic heterocycles. The Kier molecular flexibility index (Phi) is 5.98. The maximum absolute atomic E-state index is 2.33. The molecule has 0 N–H and O–H groups in total. The van der Waals surface area contributed by atoms with Crippen molar-refractivity contribution in [3.05, 3.63) is 182 Å². The molecule has 0 spiro atoms. The average molecular weight is 607 g/mol. The molecule has 0 unspecified atom stereocenters. The maximum atomic E-state index is 2.33. The van der Waals surface area contributed by atoms with Crippen molar-refractivity contribution in [2.45, 2.75) is 0 Å². The molecular formula is C48H30. The molecule has 0 aliphatic carbocycles. The van der Waals surface area contributed by atoms with Gasteiger partial charge < -0.3 is 0 Å². The van der Waals surface area contributed by atoms with Gasteiger partial charge in [0.25, 0.3) is 0 Å². The summed E-state index contributed by atoms with van der Waals surface area (Å²) in [7, 11) is 0. The van der Waals surface area contributed by atoms with E-state index in [2.05, 4.69) is 182 Å². The summed E-state index contributed by atoms with van der Waals surface area (Å²) in [5.74, 6) is 0. The lowest BCUT2D eigenvalue weighted by atomic mass is 9.86. The van der Waals surface area contributed by atoms with E-state index in [0.29, 0.717) is 0 Å². The monoisotopic (exact) mass is 606 g/mol. The minimum absolute atomic E-state index is 1.23. The van der Waals surface area contributed by atoms with Crippen LogP contribution in [0.15, 0.2) is 182 Å². The van der Waals surface area contributed by atoms with Crippen molar-refractivity contribution < 1.29 is 0 Å². The third kappa shape index (κ3) is 4.16. The zero-order valence-corrected chi connectivity index (χ0v) is 26.3. The number of benzene rings is 10. The molecule has 0 atom stereocenters. The minimum Gasteiger partial charge on any atom is -0.0622 e. The van der Waals surface area contributed by atoms with Crippen molar-refractivity contribution in [3.8, 4) is 44.5 Å². The van der Waals surface area contributed by atoms with Crippen LogP contribution in [0.25, 0.3) is 98.4 Å². The Labute approximate surface area is 279 Å². The van der Waals surface area contributed by atoms with E-state index in [1.165, 1.54) is 98.4 Å². The van der Waals surface area contributed by atoms with Gasteiger partial charge in [0, 0.05) is 0 Å². The lowest BCUT2D eigenvalue weighted by molar-refractivity contribution is 1.60. The molecule has 0 heteroatoms. The van der Waals surface area contributed by atoms with Gasteiger partial charge in [0.1, 0.15) is 0 Å². The first-order valence-electron chi connectivity index (χ1n) is 16.7. The van der Waals surface area contributed by atoms with Crippen LogP contribution in [0.1, 0.15) is 0 Å². The summed E-state index contributed by atoms with van der Waals surface area (Å²) in [5.41, 5.74) is 10.0. The average Bonchev–Trinajstić information content (AvgIpc) is 3.16. The molecule has 0 heterocycles. The van der Waals surface area contributed by atoms with E-state index >= 15 is 0 Å². The van der Waals surface area contributed by atoms with Gasteiger partial charge in [-0.25, -0.2) is 0 Å². The summed E-state index contributed by atoms with van der Waals surface area (Å²) >= 11 is 0. The van der Waals surface area contributed by atoms with Gasteiger partial charge in [0.2, 0.25) is 0 Å². The minimum atomic E-state index is 1.23. The molecule has 0 bridgehead atoms.